The van der Waals surface area contributed by atoms with Crippen molar-refractivity contribution in [2.45, 2.75) is 0 Å². The van der Waals surface area contributed by atoms with E-state index in [0.29, 0.717) is 49.2 Å². The molecule has 152 valence electrons. The Bertz CT molecular complexity index is 1150. The molecule has 1 saturated heterocycles. The first kappa shape index (κ1) is 18.6. The van der Waals surface area contributed by atoms with Gasteiger partial charge in [-0.3, -0.25) is 0 Å². The molecule has 9 heteroatoms. The van der Waals surface area contributed by atoms with E-state index in [-0.39, 0.29) is 5.82 Å². The van der Waals surface area contributed by atoms with E-state index in [9.17, 15) is 4.39 Å². The lowest BCUT2D eigenvalue weighted by atomic mass is 10.2. The number of piperazine rings is 1. The molecule has 0 bridgehead atoms. The number of halogens is 1. The van der Waals surface area contributed by atoms with Crippen molar-refractivity contribution in [2.24, 2.45) is 0 Å². The average Bonchev–Trinajstić information content (AvgIpc) is 3.18. The molecule has 0 aliphatic carbocycles. The number of nitrogens with one attached hydrogen (secondary N) is 1. The molecule has 3 N–H and O–H groups in total. The first-order valence-corrected chi connectivity index (χ1v) is 10.5. The van der Waals surface area contributed by atoms with Crippen molar-refractivity contribution in [3.8, 4) is 0 Å². The molecule has 0 unspecified atom stereocenters. The third-order valence-corrected chi connectivity index (χ3v) is 6.11. The molecule has 5 rings (SSSR count). The molecule has 1 aliphatic rings. The number of thiazole rings is 1. The molecule has 30 heavy (non-hydrogen) atoms. The number of hydrogen-bond donors (Lipinski definition) is 2. The van der Waals surface area contributed by atoms with Gasteiger partial charge < -0.3 is 20.9 Å². The Hall–Kier alpha value is -3.46. The van der Waals surface area contributed by atoms with Crippen LogP contribution in [-0.2, 0) is 0 Å². The van der Waals surface area contributed by atoms with Crippen molar-refractivity contribution in [3.63, 3.8) is 0 Å². The monoisotopic (exact) mass is 421 g/mol. The van der Waals surface area contributed by atoms with Crippen molar-refractivity contribution < 1.29 is 4.39 Å². The van der Waals surface area contributed by atoms with Gasteiger partial charge in [0.05, 0.1) is 15.9 Å². The van der Waals surface area contributed by atoms with Crippen LogP contribution in [0.2, 0.25) is 0 Å². The summed E-state index contributed by atoms with van der Waals surface area (Å²) in [7, 11) is 0. The Balaban J connectivity index is 1.33. The summed E-state index contributed by atoms with van der Waals surface area (Å²) in [4.78, 5) is 17.4. The summed E-state index contributed by atoms with van der Waals surface area (Å²) in [6, 6.07) is 14.8. The van der Waals surface area contributed by atoms with Gasteiger partial charge in [-0.25, -0.2) is 19.3 Å². The second-order valence-corrected chi connectivity index (χ2v) is 8.03. The number of aromatic nitrogens is 3. The highest BCUT2D eigenvalue weighted by Gasteiger charge is 2.23. The summed E-state index contributed by atoms with van der Waals surface area (Å²) < 4.78 is 15.2. The second-order valence-electron chi connectivity index (χ2n) is 7.00. The van der Waals surface area contributed by atoms with Crippen LogP contribution < -0.4 is 20.9 Å². The van der Waals surface area contributed by atoms with E-state index in [2.05, 4.69) is 25.2 Å². The predicted octanol–water partition coefficient (Wildman–Crippen LogP) is 3.88. The van der Waals surface area contributed by atoms with Gasteiger partial charge in [-0.1, -0.05) is 35.6 Å². The third kappa shape index (κ3) is 3.48. The molecule has 0 radical (unpaired) electrons. The molecule has 0 saturated carbocycles. The number of para-hydroxylation sites is 2. The molecule has 3 heterocycles. The Morgan fingerprint density at radius 3 is 2.47 bits per heavy atom. The molecule has 4 aromatic rings. The van der Waals surface area contributed by atoms with E-state index in [1.165, 1.54) is 12.4 Å². The van der Waals surface area contributed by atoms with E-state index in [0.717, 1.165) is 15.3 Å². The van der Waals surface area contributed by atoms with Crippen LogP contribution in [-0.4, -0.2) is 41.1 Å². The maximum atomic E-state index is 14.1. The van der Waals surface area contributed by atoms with Crippen LogP contribution in [0.1, 0.15) is 0 Å². The highest BCUT2D eigenvalue weighted by molar-refractivity contribution is 7.22. The van der Waals surface area contributed by atoms with E-state index >= 15 is 0 Å². The maximum Gasteiger partial charge on any atom is 0.189 e. The molecular formula is C21H20FN7S. The summed E-state index contributed by atoms with van der Waals surface area (Å²) in [6.45, 7) is 2.75. The van der Waals surface area contributed by atoms with Gasteiger partial charge in [-0.05, 0) is 24.3 Å². The summed E-state index contributed by atoms with van der Waals surface area (Å²) >= 11 is 1.55. The first-order chi connectivity index (χ1) is 14.7. The number of hydrogen-bond acceptors (Lipinski definition) is 8. The fourth-order valence-corrected chi connectivity index (χ4v) is 4.50. The predicted molar refractivity (Wildman–Crippen MR) is 120 cm³/mol. The maximum absolute atomic E-state index is 14.1. The first-order valence-electron chi connectivity index (χ1n) is 9.66. The zero-order valence-corrected chi connectivity index (χ0v) is 16.9. The molecule has 1 fully saturated rings. The second kappa shape index (κ2) is 7.75. The van der Waals surface area contributed by atoms with Crippen molar-refractivity contribution in [1.29, 1.82) is 0 Å². The average molecular weight is 422 g/mol. The van der Waals surface area contributed by atoms with Gasteiger partial charge in [0.1, 0.15) is 17.8 Å². The van der Waals surface area contributed by atoms with Gasteiger partial charge in [-0.15, -0.1) is 0 Å². The van der Waals surface area contributed by atoms with Crippen LogP contribution in [0.15, 0.2) is 54.9 Å². The summed E-state index contributed by atoms with van der Waals surface area (Å²) in [5.41, 5.74) is 8.45. The van der Waals surface area contributed by atoms with Crippen LogP contribution >= 0.6 is 11.3 Å². The van der Waals surface area contributed by atoms with Gasteiger partial charge in [0.15, 0.2) is 16.8 Å². The highest BCUT2D eigenvalue weighted by Crippen LogP contribution is 2.33. The SMILES string of the molecule is Nc1c(Nc2nc3ccccc3s2)ncnc1N1CCN(c2ccccc2F)CC1. The standard InChI is InChI=1S/C21H20FN7S/c22-14-5-1-3-7-16(14)28-9-11-29(12-10-28)20-18(23)19(24-13-25-20)27-21-26-15-6-2-4-8-17(15)30-21/h1-8,13H,9-12,23H2,(H,24,25,26,27). The van der Waals surface area contributed by atoms with Crippen molar-refractivity contribution in [1.82, 2.24) is 15.0 Å². The van der Waals surface area contributed by atoms with Crippen LogP contribution in [0.25, 0.3) is 10.2 Å². The minimum atomic E-state index is -0.199. The number of anilines is 5. The van der Waals surface area contributed by atoms with Crippen LogP contribution in [0.3, 0.4) is 0 Å². The van der Waals surface area contributed by atoms with Crippen molar-refractivity contribution in [3.05, 3.63) is 60.7 Å². The zero-order chi connectivity index (χ0) is 20.5. The number of fused-ring (bicyclic) bond motifs is 1. The largest absolute Gasteiger partial charge is 0.393 e. The molecule has 1 aliphatic heterocycles. The fourth-order valence-electron chi connectivity index (χ4n) is 3.63. The van der Waals surface area contributed by atoms with Gasteiger partial charge in [0.2, 0.25) is 0 Å². The number of nitrogens with two attached hydrogens (primary N) is 1. The number of rotatable bonds is 4. The van der Waals surface area contributed by atoms with Crippen molar-refractivity contribution >= 4 is 49.7 Å². The Labute approximate surface area is 177 Å². The minimum Gasteiger partial charge on any atom is -0.393 e. The van der Waals surface area contributed by atoms with Gasteiger partial charge >= 0.3 is 0 Å². The van der Waals surface area contributed by atoms with E-state index in [1.54, 1.807) is 17.4 Å². The van der Waals surface area contributed by atoms with Gasteiger partial charge in [0.25, 0.3) is 0 Å². The molecule has 0 amide bonds. The fraction of sp³-hybridized carbons (Fsp3) is 0.190. The summed E-state index contributed by atoms with van der Waals surface area (Å²) in [5.74, 6) is 1.02. The molecule has 2 aromatic heterocycles. The molecule has 0 atom stereocenters. The number of benzene rings is 2. The lowest BCUT2D eigenvalue weighted by molar-refractivity contribution is 0.596. The normalized spacial score (nSPS) is 14.3. The lowest BCUT2D eigenvalue weighted by Crippen LogP contribution is -2.47. The number of nitrogens with zero attached hydrogens (tertiary/aromatic N) is 5. The zero-order valence-electron chi connectivity index (χ0n) is 16.1. The van der Waals surface area contributed by atoms with E-state index in [4.69, 9.17) is 5.73 Å². The molecule has 7 nitrogen and oxygen atoms in total. The van der Waals surface area contributed by atoms with E-state index in [1.807, 2.05) is 41.3 Å². The van der Waals surface area contributed by atoms with Crippen LogP contribution in [0.5, 0.6) is 0 Å². The Morgan fingerprint density at radius 1 is 0.933 bits per heavy atom. The van der Waals surface area contributed by atoms with Gasteiger partial charge in [-0.2, -0.15) is 0 Å². The summed E-state index contributed by atoms with van der Waals surface area (Å²) in [5, 5.41) is 3.96. The van der Waals surface area contributed by atoms with E-state index < -0.39 is 0 Å². The smallest absolute Gasteiger partial charge is 0.189 e. The third-order valence-electron chi connectivity index (χ3n) is 5.15. The van der Waals surface area contributed by atoms with Crippen LogP contribution in [0.4, 0.5) is 32.5 Å². The van der Waals surface area contributed by atoms with Crippen molar-refractivity contribution in [2.75, 3.05) is 47.0 Å². The molecule has 0 spiro atoms. The minimum absolute atomic E-state index is 0.199. The van der Waals surface area contributed by atoms with Gasteiger partial charge in [0, 0.05) is 26.2 Å². The Morgan fingerprint density at radius 2 is 1.67 bits per heavy atom. The molecule has 2 aromatic carbocycles. The lowest BCUT2D eigenvalue weighted by Gasteiger charge is -2.37. The molecular weight excluding hydrogens is 401 g/mol. The topological polar surface area (TPSA) is 83.2 Å². The Kier molecular flexibility index (Phi) is 4.80. The highest BCUT2D eigenvalue weighted by atomic mass is 32.1. The number of nitrogen functional groups attached to an aromatic ring is 1. The quantitative estimate of drug-likeness (QED) is 0.517. The van der Waals surface area contributed by atoms with Crippen LogP contribution in [0, 0.1) is 5.82 Å². The summed E-state index contributed by atoms with van der Waals surface area (Å²) in [6.07, 6.45) is 1.50.